The van der Waals surface area contributed by atoms with E-state index >= 15 is 0 Å². The molecule has 0 N–H and O–H groups in total. The molecule has 1 aliphatic heterocycles. The van der Waals surface area contributed by atoms with Crippen molar-refractivity contribution in [3.63, 3.8) is 0 Å². The summed E-state index contributed by atoms with van der Waals surface area (Å²) in [5, 5.41) is 8.22. The van der Waals surface area contributed by atoms with Gasteiger partial charge < -0.3 is 9.42 Å². The molecule has 1 fully saturated rings. The van der Waals surface area contributed by atoms with E-state index < -0.39 is 0 Å². The molecule has 4 heterocycles. The number of hydrogen-bond donors (Lipinski definition) is 0. The molecular weight excluding hydrogens is 354 g/mol. The first-order valence-corrected chi connectivity index (χ1v) is 9.64. The van der Waals surface area contributed by atoms with Crippen LogP contribution in [0.15, 0.2) is 35.1 Å². The fourth-order valence-electron chi connectivity index (χ4n) is 3.65. The second-order valence-corrected chi connectivity index (χ2v) is 7.83. The summed E-state index contributed by atoms with van der Waals surface area (Å²) in [4.78, 5) is 19.4. The lowest BCUT2D eigenvalue weighted by Gasteiger charge is -2.15. The van der Waals surface area contributed by atoms with Crippen molar-refractivity contribution in [3.8, 4) is 11.1 Å². The third-order valence-corrected chi connectivity index (χ3v) is 5.22. The molecule has 0 saturated carbocycles. The highest BCUT2D eigenvalue weighted by Gasteiger charge is 2.30. The van der Waals surface area contributed by atoms with E-state index in [9.17, 15) is 4.79 Å². The second kappa shape index (κ2) is 7.22. The summed E-state index contributed by atoms with van der Waals surface area (Å²) < 4.78 is 7.08. The molecule has 146 valence electrons. The molecule has 4 rings (SSSR count). The number of aryl methyl sites for hydroxylation is 2. The smallest absolute Gasteiger partial charge is 0.276 e. The third-order valence-electron chi connectivity index (χ3n) is 5.22. The Bertz CT molecular complexity index is 1000. The minimum atomic E-state index is -0.0710. The van der Waals surface area contributed by atoms with Gasteiger partial charge in [0.05, 0.1) is 6.20 Å². The highest BCUT2D eigenvalue weighted by atomic mass is 16.5. The Morgan fingerprint density at radius 1 is 1.25 bits per heavy atom. The molecule has 0 aliphatic carbocycles. The minimum absolute atomic E-state index is 0.0710. The normalized spacial score (nSPS) is 16.9. The molecule has 1 aliphatic rings. The van der Waals surface area contributed by atoms with Gasteiger partial charge >= 0.3 is 0 Å². The summed E-state index contributed by atoms with van der Waals surface area (Å²) in [6.45, 7) is 7.38. The lowest BCUT2D eigenvalue weighted by Crippen LogP contribution is -2.28. The van der Waals surface area contributed by atoms with Crippen LogP contribution < -0.4 is 0 Å². The molecule has 1 unspecified atom stereocenters. The van der Waals surface area contributed by atoms with E-state index in [1.807, 2.05) is 45.1 Å². The van der Waals surface area contributed by atoms with Gasteiger partial charge in [-0.05, 0) is 31.0 Å². The number of pyridine rings is 1. The van der Waals surface area contributed by atoms with Crippen LogP contribution in [-0.2, 0) is 7.05 Å². The predicted molar refractivity (Wildman–Crippen MR) is 105 cm³/mol. The van der Waals surface area contributed by atoms with E-state index in [4.69, 9.17) is 9.51 Å². The van der Waals surface area contributed by atoms with E-state index in [-0.39, 0.29) is 17.7 Å². The zero-order valence-electron chi connectivity index (χ0n) is 16.7. The number of carbonyl (C=O) groups is 1. The highest BCUT2D eigenvalue weighted by molar-refractivity contribution is 5.92. The van der Waals surface area contributed by atoms with Crippen molar-refractivity contribution in [3.05, 3.63) is 53.4 Å². The Kier molecular flexibility index (Phi) is 4.75. The van der Waals surface area contributed by atoms with E-state index in [1.165, 1.54) is 0 Å². The largest absolute Gasteiger partial charge is 0.360 e. The van der Waals surface area contributed by atoms with E-state index in [1.54, 1.807) is 10.7 Å². The number of hydrogen-bond acceptors (Lipinski definition) is 5. The third kappa shape index (κ3) is 3.56. The summed E-state index contributed by atoms with van der Waals surface area (Å²) in [6.07, 6.45) is 4.75. The van der Waals surface area contributed by atoms with Gasteiger partial charge in [0.2, 0.25) is 0 Å². The number of aromatic nitrogens is 4. The first-order valence-electron chi connectivity index (χ1n) is 9.64. The molecule has 7 nitrogen and oxygen atoms in total. The van der Waals surface area contributed by atoms with Crippen LogP contribution in [0.1, 0.15) is 59.7 Å². The molecule has 1 atom stereocenters. The van der Waals surface area contributed by atoms with Gasteiger partial charge in [0.25, 0.3) is 5.91 Å². The monoisotopic (exact) mass is 379 g/mol. The molecule has 0 spiro atoms. The maximum absolute atomic E-state index is 12.8. The van der Waals surface area contributed by atoms with Crippen molar-refractivity contribution in [1.29, 1.82) is 0 Å². The Morgan fingerprint density at radius 3 is 2.75 bits per heavy atom. The summed E-state index contributed by atoms with van der Waals surface area (Å²) in [6, 6.07) is 5.95. The Balaban J connectivity index is 1.52. The number of nitrogens with zero attached hydrogens (tertiary/aromatic N) is 5. The maximum atomic E-state index is 12.8. The van der Waals surface area contributed by atoms with Crippen LogP contribution in [0.5, 0.6) is 0 Å². The minimum Gasteiger partial charge on any atom is -0.360 e. The number of amides is 1. The number of rotatable bonds is 4. The Morgan fingerprint density at radius 2 is 2.07 bits per heavy atom. The van der Waals surface area contributed by atoms with Crippen LogP contribution in [0.2, 0.25) is 0 Å². The SMILES string of the molecule is Cc1cc(-c2cnn(C)c2)cc(C2CCN(C(=O)c3cc(C(C)C)on3)C2)n1. The van der Waals surface area contributed by atoms with Gasteiger partial charge in [-0.25, -0.2) is 0 Å². The average molecular weight is 379 g/mol. The number of carbonyl (C=O) groups excluding carboxylic acids is 1. The number of likely N-dealkylation sites (tertiary alicyclic amines) is 1. The molecule has 3 aromatic heterocycles. The molecule has 0 aromatic carbocycles. The van der Waals surface area contributed by atoms with Crippen LogP contribution in [0.4, 0.5) is 0 Å². The van der Waals surface area contributed by atoms with Crippen LogP contribution in [-0.4, -0.2) is 43.8 Å². The zero-order chi connectivity index (χ0) is 19.8. The maximum Gasteiger partial charge on any atom is 0.276 e. The molecule has 0 bridgehead atoms. The van der Waals surface area contributed by atoms with Gasteiger partial charge in [-0.1, -0.05) is 19.0 Å². The fourth-order valence-corrected chi connectivity index (χ4v) is 3.65. The van der Waals surface area contributed by atoms with Crippen molar-refractivity contribution >= 4 is 5.91 Å². The average Bonchev–Trinajstić information content (AvgIpc) is 3.40. The van der Waals surface area contributed by atoms with Crippen molar-refractivity contribution in [2.24, 2.45) is 7.05 Å². The van der Waals surface area contributed by atoms with E-state index in [2.05, 4.69) is 22.4 Å². The summed E-state index contributed by atoms with van der Waals surface area (Å²) in [5.41, 5.74) is 4.57. The molecule has 3 aromatic rings. The standard InChI is InChI=1S/C21H25N5O2/c1-13(2)20-9-19(24-28-20)21(27)26-6-5-15(12-26)18-8-16(7-14(3)23-18)17-10-22-25(4)11-17/h7-11,13,15H,5-6,12H2,1-4H3. The fraction of sp³-hybridized carbons (Fsp3) is 0.429. The Hall–Kier alpha value is -2.96. The van der Waals surface area contributed by atoms with Gasteiger partial charge in [-0.3, -0.25) is 14.5 Å². The molecule has 7 heteroatoms. The van der Waals surface area contributed by atoms with Crippen LogP contribution in [0, 0.1) is 6.92 Å². The van der Waals surface area contributed by atoms with Gasteiger partial charge in [-0.2, -0.15) is 5.10 Å². The van der Waals surface area contributed by atoms with Gasteiger partial charge in [0.15, 0.2) is 5.69 Å². The molecule has 0 radical (unpaired) electrons. The van der Waals surface area contributed by atoms with Crippen LogP contribution in [0.25, 0.3) is 11.1 Å². The van der Waals surface area contributed by atoms with Gasteiger partial charge in [0.1, 0.15) is 5.76 Å². The highest BCUT2D eigenvalue weighted by Crippen LogP contribution is 2.30. The van der Waals surface area contributed by atoms with Gasteiger partial charge in [0, 0.05) is 61.2 Å². The Labute approximate surface area is 164 Å². The van der Waals surface area contributed by atoms with Gasteiger partial charge in [-0.15, -0.1) is 0 Å². The quantitative estimate of drug-likeness (QED) is 0.693. The lowest BCUT2D eigenvalue weighted by atomic mass is 10.00. The first-order chi connectivity index (χ1) is 13.4. The summed E-state index contributed by atoms with van der Waals surface area (Å²) in [5.74, 6) is 1.09. The molecule has 1 saturated heterocycles. The van der Waals surface area contributed by atoms with Crippen molar-refractivity contribution in [1.82, 2.24) is 24.8 Å². The van der Waals surface area contributed by atoms with E-state index in [0.717, 1.165) is 34.7 Å². The first kappa shape index (κ1) is 18.4. The molecule has 28 heavy (non-hydrogen) atoms. The van der Waals surface area contributed by atoms with Crippen LogP contribution in [0.3, 0.4) is 0 Å². The van der Waals surface area contributed by atoms with E-state index in [0.29, 0.717) is 18.8 Å². The van der Waals surface area contributed by atoms with Crippen LogP contribution >= 0.6 is 0 Å². The zero-order valence-corrected chi connectivity index (χ0v) is 16.7. The van der Waals surface area contributed by atoms with Crippen molar-refractivity contribution < 1.29 is 9.32 Å². The molecular formula is C21H25N5O2. The predicted octanol–water partition coefficient (Wildman–Crippen LogP) is 3.53. The topological polar surface area (TPSA) is 77.0 Å². The lowest BCUT2D eigenvalue weighted by molar-refractivity contribution is 0.0780. The second-order valence-electron chi connectivity index (χ2n) is 7.83. The van der Waals surface area contributed by atoms with Crippen molar-refractivity contribution in [2.45, 2.75) is 39.0 Å². The summed E-state index contributed by atoms with van der Waals surface area (Å²) in [7, 11) is 1.91. The molecule has 1 amide bonds. The van der Waals surface area contributed by atoms with Crippen molar-refractivity contribution in [2.75, 3.05) is 13.1 Å². The summed E-state index contributed by atoms with van der Waals surface area (Å²) >= 11 is 0.